The molecule has 2 N–H and O–H groups in total. The molecule has 0 aliphatic carbocycles. The number of aliphatic imine (C=N–C) groups is 1. The van der Waals surface area contributed by atoms with Gasteiger partial charge < -0.3 is 10.6 Å². The second kappa shape index (κ2) is 4.66. The third kappa shape index (κ3) is 2.42. The summed E-state index contributed by atoms with van der Waals surface area (Å²) in [5.74, 6) is 1.10. The van der Waals surface area contributed by atoms with Crippen LogP contribution < -0.4 is 5.73 Å². The van der Waals surface area contributed by atoms with E-state index in [1.165, 1.54) is 11.1 Å². The monoisotopic (exact) mass is 217 g/mol. The molecule has 1 aliphatic heterocycles. The minimum absolute atomic E-state index is 0.220. The predicted octanol–water partition coefficient (Wildman–Crippen LogP) is 1.27. The molecule has 3 nitrogen and oxygen atoms in total. The minimum atomic E-state index is 0.220. The number of benzene rings is 1. The van der Waals surface area contributed by atoms with Crippen molar-refractivity contribution >= 4 is 5.84 Å². The first-order valence-corrected chi connectivity index (χ1v) is 5.77. The fourth-order valence-corrected chi connectivity index (χ4v) is 2.01. The first kappa shape index (κ1) is 11.1. The summed E-state index contributed by atoms with van der Waals surface area (Å²) in [5.41, 5.74) is 8.27. The molecule has 1 unspecified atom stereocenters. The number of rotatable bonds is 3. The molecular weight excluding hydrogens is 198 g/mol. The summed E-state index contributed by atoms with van der Waals surface area (Å²) >= 11 is 0. The van der Waals surface area contributed by atoms with Crippen molar-refractivity contribution in [1.29, 1.82) is 0 Å². The van der Waals surface area contributed by atoms with Crippen molar-refractivity contribution < 1.29 is 0 Å². The number of likely N-dealkylation sites (N-methyl/N-ethyl adjacent to an activating group) is 1. The fraction of sp³-hybridized carbons (Fsp3) is 0.462. The van der Waals surface area contributed by atoms with Crippen molar-refractivity contribution in [3.8, 4) is 0 Å². The highest BCUT2D eigenvalue weighted by Crippen LogP contribution is 2.12. The van der Waals surface area contributed by atoms with E-state index < -0.39 is 0 Å². The van der Waals surface area contributed by atoms with Crippen LogP contribution in [0.5, 0.6) is 0 Å². The van der Waals surface area contributed by atoms with Gasteiger partial charge in [0, 0.05) is 25.2 Å². The lowest BCUT2D eigenvalue weighted by Gasteiger charge is -2.14. The van der Waals surface area contributed by atoms with Gasteiger partial charge in [0.15, 0.2) is 0 Å². The Hall–Kier alpha value is -1.35. The SMILES string of the molecule is CC(N)Cc1ccc(C2=NCCN2C)cc1. The highest BCUT2D eigenvalue weighted by atomic mass is 15.2. The van der Waals surface area contributed by atoms with Gasteiger partial charge in [0.2, 0.25) is 0 Å². The molecule has 0 saturated heterocycles. The summed E-state index contributed by atoms with van der Waals surface area (Å²) in [7, 11) is 2.09. The Bertz CT molecular complexity index is 379. The van der Waals surface area contributed by atoms with E-state index >= 15 is 0 Å². The molecule has 0 radical (unpaired) electrons. The van der Waals surface area contributed by atoms with Crippen molar-refractivity contribution in [2.75, 3.05) is 20.1 Å². The minimum Gasteiger partial charge on any atom is -0.358 e. The Balaban J connectivity index is 2.13. The van der Waals surface area contributed by atoms with E-state index in [2.05, 4.69) is 41.2 Å². The van der Waals surface area contributed by atoms with Crippen LogP contribution in [0.2, 0.25) is 0 Å². The summed E-state index contributed by atoms with van der Waals surface area (Å²) < 4.78 is 0. The molecule has 16 heavy (non-hydrogen) atoms. The maximum atomic E-state index is 5.77. The molecule has 1 heterocycles. The zero-order valence-corrected chi connectivity index (χ0v) is 9.98. The number of amidine groups is 1. The van der Waals surface area contributed by atoms with Gasteiger partial charge in [0.05, 0.1) is 6.54 Å². The van der Waals surface area contributed by atoms with Gasteiger partial charge in [-0.1, -0.05) is 24.3 Å². The van der Waals surface area contributed by atoms with Gasteiger partial charge in [-0.25, -0.2) is 0 Å². The van der Waals surface area contributed by atoms with Gasteiger partial charge in [0.1, 0.15) is 5.84 Å². The van der Waals surface area contributed by atoms with E-state index in [-0.39, 0.29) is 6.04 Å². The van der Waals surface area contributed by atoms with E-state index in [1.807, 2.05) is 6.92 Å². The van der Waals surface area contributed by atoms with Crippen molar-refractivity contribution in [3.63, 3.8) is 0 Å². The Morgan fingerprint density at radius 1 is 1.38 bits per heavy atom. The summed E-state index contributed by atoms with van der Waals surface area (Å²) in [5, 5.41) is 0. The summed E-state index contributed by atoms with van der Waals surface area (Å²) in [4.78, 5) is 6.69. The van der Waals surface area contributed by atoms with Crippen LogP contribution in [0.3, 0.4) is 0 Å². The van der Waals surface area contributed by atoms with Crippen LogP contribution in [0.1, 0.15) is 18.1 Å². The molecule has 0 spiro atoms. The molecule has 2 rings (SSSR count). The highest BCUT2D eigenvalue weighted by Gasteiger charge is 2.13. The smallest absolute Gasteiger partial charge is 0.130 e. The molecule has 1 atom stereocenters. The summed E-state index contributed by atoms with van der Waals surface area (Å²) in [6.07, 6.45) is 0.933. The fourth-order valence-electron chi connectivity index (χ4n) is 2.01. The Labute approximate surface area is 97.0 Å². The molecule has 0 aromatic heterocycles. The van der Waals surface area contributed by atoms with Gasteiger partial charge in [-0.05, 0) is 18.9 Å². The van der Waals surface area contributed by atoms with E-state index in [4.69, 9.17) is 5.73 Å². The Morgan fingerprint density at radius 3 is 2.56 bits per heavy atom. The number of nitrogens with two attached hydrogens (primary N) is 1. The van der Waals surface area contributed by atoms with Gasteiger partial charge in [-0.15, -0.1) is 0 Å². The topological polar surface area (TPSA) is 41.6 Å². The van der Waals surface area contributed by atoms with Gasteiger partial charge in [0.25, 0.3) is 0 Å². The van der Waals surface area contributed by atoms with Crippen molar-refractivity contribution in [2.45, 2.75) is 19.4 Å². The summed E-state index contributed by atoms with van der Waals surface area (Å²) in [6, 6.07) is 8.79. The maximum absolute atomic E-state index is 5.77. The molecule has 0 amide bonds. The quantitative estimate of drug-likeness (QED) is 0.828. The van der Waals surface area contributed by atoms with E-state index in [9.17, 15) is 0 Å². The lowest BCUT2D eigenvalue weighted by Crippen LogP contribution is -2.23. The van der Waals surface area contributed by atoms with Crippen LogP contribution in [0.25, 0.3) is 0 Å². The Morgan fingerprint density at radius 2 is 2.06 bits per heavy atom. The van der Waals surface area contributed by atoms with Crippen molar-refractivity contribution in [1.82, 2.24) is 4.90 Å². The lowest BCUT2D eigenvalue weighted by molar-refractivity contribution is 0.557. The standard InChI is InChI=1S/C13H19N3/c1-10(14)9-11-3-5-12(6-4-11)13-15-7-8-16(13)2/h3-6,10H,7-9,14H2,1-2H3. The van der Waals surface area contributed by atoms with Gasteiger partial charge in [-0.2, -0.15) is 0 Å². The lowest BCUT2D eigenvalue weighted by atomic mass is 10.1. The largest absolute Gasteiger partial charge is 0.358 e. The molecule has 0 bridgehead atoms. The number of hydrogen-bond acceptors (Lipinski definition) is 3. The van der Waals surface area contributed by atoms with Crippen LogP contribution in [0.4, 0.5) is 0 Å². The molecular formula is C13H19N3. The zero-order chi connectivity index (χ0) is 11.5. The Kier molecular flexibility index (Phi) is 3.25. The van der Waals surface area contributed by atoms with Gasteiger partial charge >= 0.3 is 0 Å². The third-order valence-corrected chi connectivity index (χ3v) is 2.83. The summed E-state index contributed by atoms with van der Waals surface area (Å²) in [6.45, 7) is 3.97. The highest BCUT2D eigenvalue weighted by molar-refractivity contribution is 5.99. The van der Waals surface area contributed by atoms with Crippen LogP contribution in [-0.2, 0) is 6.42 Å². The molecule has 0 saturated carbocycles. The van der Waals surface area contributed by atoms with Crippen LogP contribution in [0.15, 0.2) is 29.3 Å². The van der Waals surface area contributed by atoms with Crippen molar-refractivity contribution in [2.24, 2.45) is 10.7 Å². The van der Waals surface area contributed by atoms with Crippen molar-refractivity contribution in [3.05, 3.63) is 35.4 Å². The number of nitrogens with zero attached hydrogens (tertiary/aromatic N) is 2. The first-order valence-electron chi connectivity index (χ1n) is 5.77. The van der Waals surface area contributed by atoms with Crippen LogP contribution >= 0.6 is 0 Å². The van der Waals surface area contributed by atoms with E-state index in [0.29, 0.717) is 0 Å². The van der Waals surface area contributed by atoms with E-state index in [0.717, 1.165) is 25.3 Å². The average molecular weight is 217 g/mol. The van der Waals surface area contributed by atoms with Crippen LogP contribution in [0, 0.1) is 0 Å². The first-order chi connectivity index (χ1) is 7.66. The van der Waals surface area contributed by atoms with Crippen LogP contribution in [-0.4, -0.2) is 36.9 Å². The predicted molar refractivity (Wildman–Crippen MR) is 67.8 cm³/mol. The van der Waals surface area contributed by atoms with E-state index in [1.54, 1.807) is 0 Å². The van der Waals surface area contributed by atoms with Gasteiger partial charge in [-0.3, -0.25) is 4.99 Å². The second-order valence-electron chi connectivity index (χ2n) is 4.51. The maximum Gasteiger partial charge on any atom is 0.130 e. The molecule has 86 valence electrons. The average Bonchev–Trinajstić information content (AvgIpc) is 2.65. The normalized spacial score (nSPS) is 17.4. The molecule has 1 aromatic carbocycles. The zero-order valence-electron chi connectivity index (χ0n) is 9.98. The molecule has 3 heteroatoms. The number of hydrogen-bond donors (Lipinski definition) is 1. The third-order valence-electron chi connectivity index (χ3n) is 2.83. The molecule has 1 aromatic rings. The second-order valence-corrected chi connectivity index (χ2v) is 4.51. The molecule has 1 aliphatic rings. The molecule has 0 fully saturated rings.